The Hall–Kier alpha value is -1.29. The topological polar surface area (TPSA) is 53.4 Å². The molecule has 5 heteroatoms. The van der Waals surface area contributed by atoms with E-state index >= 15 is 0 Å². The Morgan fingerprint density at radius 3 is 2.67 bits per heavy atom. The van der Waals surface area contributed by atoms with Crippen LogP contribution in [0.3, 0.4) is 0 Å². The second-order valence-corrected chi connectivity index (χ2v) is 3.92. The second-order valence-electron chi connectivity index (χ2n) is 3.54. The number of carbonyl (C=O) groups is 1. The summed E-state index contributed by atoms with van der Waals surface area (Å²) in [5, 5.41) is 9.10. The van der Waals surface area contributed by atoms with Crippen LogP contribution in [0, 0.1) is 0 Å². The van der Waals surface area contributed by atoms with E-state index in [4.69, 9.17) is 16.7 Å². The maximum absolute atomic E-state index is 10.8. The maximum Gasteiger partial charge on any atom is 0.335 e. The highest BCUT2D eigenvalue weighted by Crippen LogP contribution is 2.21. The van der Waals surface area contributed by atoms with Gasteiger partial charge in [0.1, 0.15) is 11.0 Å². The van der Waals surface area contributed by atoms with Crippen LogP contribution in [0.5, 0.6) is 0 Å². The van der Waals surface area contributed by atoms with Crippen LogP contribution >= 0.6 is 11.6 Å². The van der Waals surface area contributed by atoms with E-state index < -0.39 is 5.97 Å². The highest BCUT2D eigenvalue weighted by molar-refractivity contribution is 6.29. The van der Waals surface area contributed by atoms with Crippen molar-refractivity contribution in [3.8, 4) is 0 Å². The molecule has 1 aliphatic heterocycles. The van der Waals surface area contributed by atoms with Crippen LogP contribution in [0.4, 0.5) is 5.82 Å². The van der Waals surface area contributed by atoms with Gasteiger partial charge >= 0.3 is 5.97 Å². The summed E-state index contributed by atoms with van der Waals surface area (Å²) in [5.41, 5.74) is 0.192. The van der Waals surface area contributed by atoms with Crippen LogP contribution in [0.25, 0.3) is 0 Å². The first-order valence-electron chi connectivity index (χ1n) is 4.82. The van der Waals surface area contributed by atoms with E-state index in [0.29, 0.717) is 5.82 Å². The molecular formula is C10H11ClN2O2. The summed E-state index contributed by atoms with van der Waals surface area (Å²) in [6.07, 6.45) is 2.24. The number of carboxylic acid groups (broad SMARTS) is 1. The third kappa shape index (κ3) is 2.21. The summed E-state index contributed by atoms with van der Waals surface area (Å²) in [6.45, 7) is 1.85. The summed E-state index contributed by atoms with van der Waals surface area (Å²) >= 11 is 5.77. The molecular weight excluding hydrogens is 216 g/mol. The highest BCUT2D eigenvalue weighted by atomic mass is 35.5. The van der Waals surface area contributed by atoms with Gasteiger partial charge in [-0.3, -0.25) is 0 Å². The van der Waals surface area contributed by atoms with Crippen molar-refractivity contribution in [1.29, 1.82) is 0 Å². The molecule has 4 nitrogen and oxygen atoms in total. The molecule has 2 rings (SSSR count). The number of hydrogen-bond acceptors (Lipinski definition) is 3. The number of nitrogens with zero attached hydrogens (tertiary/aromatic N) is 2. The number of rotatable bonds is 2. The average molecular weight is 227 g/mol. The van der Waals surface area contributed by atoms with E-state index in [2.05, 4.69) is 9.88 Å². The van der Waals surface area contributed by atoms with Gasteiger partial charge in [0, 0.05) is 13.1 Å². The number of halogens is 1. The highest BCUT2D eigenvalue weighted by Gasteiger charge is 2.16. The molecule has 2 heterocycles. The van der Waals surface area contributed by atoms with Crippen LogP contribution in [-0.2, 0) is 0 Å². The van der Waals surface area contributed by atoms with Crippen molar-refractivity contribution in [2.75, 3.05) is 18.0 Å². The van der Waals surface area contributed by atoms with Gasteiger partial charge in [0.15, 0.2) is 0 Å². The van der Waals surface area contributed by atoms with Crippen molar-refractivity contribution in [3.05, 3.63) is 22.8 Å². The molecule has 1 saturated heterocycles. The van der Waals surface area contributed by atoms with Gasteiger partial charge in [0.05, 0.1) is 5.56 Å². The number of carboxylic acids is 1. The van der Waals surface area contributed by atoms with Gasteiger partial charge in [-0.15, -0.1) is 0 Å². The molecule has 1 fully saturated rings. The number of aromatic nitrogens is 1. The number of pyridine rings is 1. The van der Waals surface area contributed by atoms with E-state index in [0.717, 1.165) is 25.9 Å². The zero-order chi connectivity index (χ0) is 10.8. The molecule has 1 aromatic heterocycles. The fraction of sp³-hybridized carbons (Fsp3) is 0.400. The third-order valence-electron chi connectivity index (χ3n) is 2.46. The lowest BCUT2D eigenvalue weighted by Crippen LogP contribution is -2.19. The second kappa shape index (κ2) is 4.06. The molecule has 0 radical (unpaired) electrons. The molecule has 15 heavy (non-hydrogen) atoms. The average Bonchev–Trinajstić information content (AvgIpc) is 2.69. The molecule has 1 N–H and O–H groups in total. The maximum atomic E-state index is 10.8. The number of hydrogen-bond donors (Lipinski definition) is 1. The Kier molecular flexibility index (Phi) is 2.77. The molecule has 80 valence electrons. The minimum absolute atomic E-state index is 0.192. The standard InChI is InChI=1S/C10H11ClN2O2/c11-8-5-7(10(14)15)6-9(12-8)13-3-1-2-4-13/h5-6H,1-4H2,(H,14,15). The van der Waals surface area contributed by atoms with E-state index in [9.17, 15) is 4.79 Å². The van der Waals surface area contributed by atoms with Gasteiger partial charge < -0.3 is 10.0 Å². The van der Waals surface area contributed by atoms with Gasteiger partial charge in [-0.25, -0.2) is 9.78 Å². The van der Waals surface area contributed by atoms with Crippen molar-refractivity contribution >= 4 is 23.4 Å². The van der Waals surface area contributed by atoms with Crippen LogP contribution < -0.4 is 4.90 Å². The quantitative estimate of drug-likeness (QED) is 0.784. The van der Waals surface area contributed by atoms with Gasteiger partial charge in [-0.1, -0.05) is 11.6 Å². The normalized spacial score (nSPS) is 15.7. The van der Waals surface area contributed by atoms with E-state index in [-0.39, 0.29) is 10.7 Å². The van der Waals surface area contributed by atoms with E-state index in [1.54, 1.807) is 6.07 Å². The summed E-state index contributed by atoms with van der Waals surface area (Å²) in [7, 11) is 0. The molecule has 0 unspecified atom stereocenters. The molecule has 1 aliphatic rings. The SMILES string of the molecule is O=C(O)c1cc(Cl)nc(N2CCCC2)c1. The van der Waals surface area contributed by atoms with Gasteiger partial charge in [0.2, 0.25) is 0 Å². The Labute approximate surface area is 92.5 Å². The van der Waals surface area contributed by atoms with Crippen LogP contribution in [0.2, 0.25) is 5.15 Å². The first-order valence-corrected chi connectivity index (χ1v) is 5.20. The monoisotopic (exact) mass is 226 g/mol. The fourth-order valence-corrected chi connectivity index (χ4v) is 1.92. The fourth-order valence-electron chi connectivity index (χ4n) is 1.71. The van der Waals surface area contributed by atoms with Crippen molar-refractivity contribution in [3.63, 3.8) is 0 Å². The van der Waals surface area contributed by atoms with Crippen molar-refractivity contribution in [1.82, 2.24) is 4.98 Å². The molecule has 1 aromatic rings. The molecule has 0 saturated carbocycles. The number of anilines is 1. The Balaban J connectivity index is 2.34. The van der Waals surface area contributed by atoms with Crippen molar-refractivity contribution in [2.24, 2.45) is 0 Å². The number of aromatic carboxylic acids is 1. The van der Waals surface area contributed by atoms with Gasteiger partial charge in [-0.05, 0) is 25.0 Å². The Bertz CT molecular complexity index is 389. The van der Waals surface area contributed by atoms with Crippen LogP contribution in [0.1, 0.15) is 23.2 Å². The third-order valence-corrected chi connectivity index (χ3v) is 2.65. The Morgan fingerprint density at radius 2 is 2.07 bits per heavy atom. The molecule has 0 bridgehead atoms. The largest absolute Gasteiger partial charge is 0.478 e. The smallest absolute Gasteiger partial charge is 0.335 e. The summed E-state index contributed by atoms with van der Waals surface area (Å²) in [5.74, 6) is -0.308. The lowest BCUT2D eigenvalue weighted by Gasteiger charge is -2.16. The van der Waals surface area contributed by atoms with Crippen molar-refractivity contribution < 1.29 is 9.90 Å². The minimum atomic E-state index is -0.972. The zero-order valence-electron chi connectivity index (χ0n) is 8.11. The van der Waals surface area contributed by atoms with Crippen molar-refractivity contribution in [2.45, 2.75) is 12.8 Å². The first-order chi connectivity index (χ1) is 7.16. The van der Waals surface area contributed by atoms with Crippen LogP contribution in [-0.4, -0.2) is 29.1 Å². The van der Waals surface area contributed by atoms with E-state index in [1.165, 1.54) is 6.07 Å². The van der Waals surface area contributed by atoms with Gasteiger partial charge in [0.25, 0.3) is 0 Å². The van der Waals surface area contributed by atoms with Crippen LogP contribution in [0.15, 0.2) is 12.1 Å². The first kappa shape index (κ1) is 10.2. The summed E-state index contributed by atoms with van der Waals surface area (Å²) in [6, 6.07) is 2.93. The van der Waals surface area contributed by atoms with Gasteiger partial charge in [-0.2, -0.15) is 0 Å². The molecule has 0 atom stereocenters. The Morgan fingerprint density at radius 1 is 1.40 bits per heavy atom. The summed E-state index contributed by atoms with van der Waals surface area (Å²) < 4.78 is 0. The predicted octanol–water partition coefficient (Wildman–Crippen LogP) is 2.03. The zero-order valence-corrected chi connectivity index (χ0v) is 8.87. The van der Waals surface area contributed by atoms with E-state index in [1.807, 2.05) is 0 Å². The molecule has 0 amide bonds. The molecule has 0 aliphatic carbocycles. The predicted molar refractivity (Wildman–Crippen MR) is 57.7 cm³/mol. The lowest BCUT2D eigenvalue weighted by atomic mass is 10.2. The molecule has 0 spiro atoms. The lowest BCUT2D eigenvalue weighted by molar-refractivity contribution is 0.0697. The minimum Gasteiger partial charge on any atom is -0.478 e. The molecule has 0 aromatic carbocycles. The summed E-state index contributed by atoms with van der Waals surface area (Å²) in [4.78, 5) is 17.0.